The van der Waals surface area contributed by atoms with E-state index in [0.29, 0.717) is 12.4 Å². The van der Waals surface area contributed by atoms with Crippen molar-refractivity contribution in [1.29, 1.82) is 0 Å². The average Bonchev–Trinajstić information content (AvgIpc) is 3.01. The molecule has 0 bridgehead atoms. The molecule has 0 spiro atoms. The molecule has 7 nitrogen and oxygen atoms in total. The number of benzene rings is 1. The monoisotopic (exact) mass is 357 g/mol. The van der Waals surface area contributed by atoms with E-state index in [1.54, 1.807) is 13.8 Å². The summed E-state index contributed by atoms with van der Waals surface area (Å²) in [6.07, 6.45) is -0.452. The summed E-state index contributed by atoms with van der Waals surface area (Å²) >= 11 is 0. The molecule has 2 N–H and O–H groups in total. The van der Waals surface area contributed by atoms with E-state index < -0.39 is 24.1 Å². The summed E-state index contributed by atoms with van der Waals surface area (Å²) < 4.78 is 4.61. The van der Waals surface area contributed by atoms with Crippen molar-refractivity contribution in [2.24, 2.45) is 5.92 Å². The summed E-state index contributed by atoms with van der Waals surface area (Å²) in [5.41, 5.74) is 2.86. The summed E-state index contributed by atoms with van der Waals surface area (Å²) in [7, 11) is 0. The van der Waals surface area contributed by atoms with Crippen molar-refractivity contribution in [2.45, 2.75) is 27.2 Å². The van der Waals surface area contributed by atoms with Gasteiger partial charge < -0.3 is 10.1 Å². The number of aromatic nitrogens is 2. The second-order valence-electron chi connectivity index (χ2n) is 6.01. The number of carbonyl (C=O) groups is 3. The van der Waals surface area contributed by atoms with Gasteiger partial charge in [-0.25, -0.2) is 4.79 Å². The van der Waals surface area contributed by atoms with Crippen LogP contribution in [0.3, 0.4) is 0 Å². The van der Waals surface area contributed by atoms with Crippen LogP contribution in [0.25, 0.3) is 11.1 Å². The molecule has 0 fully saturated rings. The minimum absolute atomic E-state index is 0.108. The highest BCUT2D eigenvalue weighted by molar-refractivity contribution is 6.37. The Morgan fingerprint density at radius 1 is 1.23 bits per heavy atom. The van der Waals surface area contributed by atoms with E-state index in [1.807, 2.05) is 37.3 Å². The maximum atomic E-state index is 12.1. The van der Waals surface area contributed by atoms with Gasteiger partial charge in [-0.3, -0.25) is 14.7 Å². The van der Waals surface area contributed by atoms with Crippen LogP contribution in [0.2, 0.25) is 0 Å². The van der Waals surface area contributed by atoms with E-state index in [4.69, 9.17) is 0 Å². The highest BCUT2D eigenvalue weighted by atomic mass is 16.5. The molecule has 138 valence electrons. The highest BCUT2D eigenvalue weighted by Crippen LogP contribution is 2.29. The molecule has 7 heteroatoms. The van der Waals surface area contributed by atoms with Gasteiger partial charge in [-0.05, 0) is 19.4 Å². The Morgan fingerprint density at radius 2 is 1.92 bits per heavy atom. The van der Waals surface area contributed by atoms with Gasteiger partial charge in [-0.15, -0.1) is 0 Å². The normalized spacial score (nSPS) is 11.7. The van der Waals surface area contributed by atoms with Crippen LogP contribution < -0.4 is 5.32 Å². The highest BCUT2D eigenvalue weighted by Gasteiger charge is 2.23. The molecule has 0 radical (unpaired) electrons. The molecule has 0 aliphatic rings. The van der Waals surface area contributed by atoms with E-state index in [1.165, 1.54) is 0 Å². The van der Waals surface area contributed by atoms with Gasteiger partial charge in [0, 0.05) is 23.7 Å². The number of nitrogens with one attached hydrogen (secondary N) is 2. The zero-order chi connectivity index (χ0) is 19.1. The molecule has 2 rings (SSSR count). The first kappa shape index (κ1) is 19.4. The summed E-state index contributed by atoms with van der Waals surface area (Å²) in [5, 5.41) is 10.3. The molecule has 0 saturated carbocycles. The first-order valence-electron chi connectivity index (χ1n) is 8.51. The summed E-state index contributed by atoms with van der Waals surface area (Å²) in [6.45, 7) is 5.65. The zero-order valence-electron chi connectivity index (χ0n) is 15.2. The maximum absolute atomic E-state index is 12.1. The Hall–Kier alpha value is -2.96. The van der Waals surface area contributed by atoms with Gasteiger partial charge in [0.05, 0.1) is 13.0 Å². The van der Waals surface area contributed by atoms with Gasteiger partial charge in [0.1, 0.15) is 5.78 Å². The van der Waals surface area contributed by atoms with Crippen molar-refractivity contribution in [3.63, 3.8) is 0 Å². The minimum atomic E-state index is -0.963. The third-order valence-corrected chi connectivity index (χ3v) is 3.97. The van der Waals surface area contributed by atoms with Gasteiger partial charge in [0.15, 0.2) is 5.82 Å². The lowest BCUT2D eigenvalue weighted by Crippen LogP contribution is -2.26. The number of ketones is 2. The molecule has 1 aromatic carbocycles. The number of nitrogens with zero attached hydrogens (tertiary/aromatic N) is 1. The smallest absolute Gasteiger partial charge is 0.375 e. The van der Waals surface area contributed by atoms with Gasteiger partial charge in [-0.1, -0.05) is 37.3 Å². The predicted molar refractivity (Wildman–Crippen MR) is 97.7 cm³/mol. The zero-order valence-corrected chi connectivity index (χ0v) is 15.2. The van der Waals surface area contributed by atoms with Crippen molar-refractivity contribution < 1.29 is 19.1 Å². The number of Topliss-reactive ketones (excluding diaryl/α,β-unsaturated/α-hetero) is 2. The molecule has 26 heavy (non-hydrogen) atoms. The van der Waals surface area contributed by atoms with E-state index in [0.717, 1.165) is 16.8 Å². The third-order valence-electron chi connectivity index (χ3n) is 3.97. The number of aryl methyl sites for hydroxylation is 1. The van der Waals surface area contributed by atoms with Crippen molar-refractivity contribution >= 4 is 23.4 Å². The molecule has 0 saturated heterocycles. The fourth-order valence-electron chi connectivity index (χ4n) is 2.49. The first-order valence-corrected chi connectivity index (χ1v) is 8.51. The number of hydrogen-bond donors (Lipinski definition) is 2. The summed E-state index contributed by atoms with van der Waals surface area (Å²) in [4.78, 5) is 35.1. The number of H-pyrrole nitrogens is 1. The first-order chi connectivity index (χ1) is 12.4. The molecule has 0 aliphatic carbocycles. The Kier molecular flexibility index (Phi) is 6.66. The molecule has 1 atom stereocenters. The lowest BCUT2D eigenvalue weighted by molar-refractivity contribution is -0.154. The molecular weight excluding hydrogens is 334 g/mol. The SMILES string of the molecule is CCOC(=O)C(=O)CC(=O)C(C)CNc1n[nH]c(C)c1-c1ccccc1. The summed E-state index contributed by atoms with van der Waals surface area (Å²) in [6, 6.07) is 9.79. The van der Waals surface area contributed by atoms with Crippen LogP contribution in [0.1, 0.15) is 26.0 Å². The lowest BCUT2D eigenvalue weighted by atomic mass is 10.0. The van der Waals surface area contributed by atoms with Gasteiger partial charge >= 0.3 is 5.97 Å². The Balaban J connectivity index is 1.98. The van der Waals surface area contributed by atoms with Crippen molar-refractivity contribution in [3.05, 3.63) is 36.0 Å². The standard InChI is InChI=1S/C19H23N3O4/c1-4-26-19(25)16(24)10-15(23)12(2)11-20-18-17(13(3)21-22-18)14-8-6-5-7-9-14/h5-9,12H,4,10-11H2,1-3H3,(H2,20,21,22). The Morgan fingerprint density at radius 3 is 2.58 bits per heavy atom. The number of hydrogen-bond acceptors (Lipinski definition) is 6. The van der Waals surface area contributed by atoms with E-state index >= 15 is 0 Å². The van der Waals surface area contributed by atoms with Gasteiger partial charge in [0.25, 0.3) is 0 Å². The topological polar surface area (TPSA) is 101 Å². The molecule has 0 amide bonds. The maximum Gasteiger partial charge on any atom is 0.375 e. The van der Waals surface area contributed by atoms with Gasteiger partial charge in [-0.2, -0.15) is 5.10 Å². The van der Waals surface area contributed by atoms with Crippen LogP contribution >= 0.6 is 0 Å². The van der Waals surface area contributed by atoms with Crippen LogP contribution in [0, 0.1) is 12.8 Å². The molecular formula is C19H23N3O4. The van der Waals surface area contributed by atoms with E-state index in [9.17, 15) is 14.4 Å². The molecule has 1 aromatic heterocycles. The fourth-order valence-corrected chi connectivity index (χ4v) is 2.49. The average molecular weight is 357 g/mol. The number of ether oxygens (including phenoxy) is 1. The van der Waals surface area contributed by atoms with E-state index in [2.05, 4.69) is 20.3 Å². The number of esters is 1. The van der Waals surface area contributed by atoms with Crippen LogP contribution in [-0.2, 0) is 19.1 Å². The van der Waals surface area contributed by atoms with Gasteiger partial charge in [0.2, 0.25) is 5.78 Å². The molecule has 0 aliphatic heterocycles. The number of anilines is 1. The second-order valence-corrected chi connectivity index (χ2v) is 6.01. The summed E-state index contributed by atoms with van der Waals surface area (Å²) in [5.74, 6) is -1.90. The van der Waals surface area contributed by atoms with Crippen LogP contribution in [0.15, 0.2) is 30.3 Å². The quantitative estimate of drug-likeness (QED) is 0.406. The molecule has 2 aromatic rings. The molecule has 1 heterocycles. The van der Waals surface area contributed by atoms with Crippen LogP contribution in [0.5, 0.6) is 0 Å². The number of carbonyl (C=O) groups excluding carboxylic acids is 3. The fraction of sp³-hybridized carbons (Fsp3) is 0.368. The number of rotatable bonds is 9. The van der Waals surface area contributed by atoms with E-state index in [-0.39, 0.29) is 12.4 Å². The van der Waals surface area contributed by atoms with Crippen LogP contribution in [0.4, 0.5) is 5.82 Å². The predicted octanol–water partition coefficient (Wildman–Crippen LogP) is 2.52. The Labute approximate surface area is 152 Å². The van der Waals surface area contributed by atoms with Crippen LogP contribution in [-0.4, -0.2) is 40.9 Å². The molecule has 1 unspecified atom stereocenters. The lowest BCUT2D eigenvalue weighted by Gasteiger charge is -2.12. The van der Waals surface area contributed by atoms with Crippen molar-refractivity contribution in [3.8, 4) is 11.1 Å². The third kappa shape index (κ3) is 4.78. The van der Waals surface area contributed by atoms with Crippen molar-refractivity contribution in [1.82, 2.24) is 10.2 Å². The minimum Gasteiger partial charge on any atom is -0.460 e. The number of aromatic amines is 1. The largest absolute Gasteiger partial charge is 0.460 e. The second kappa shape index (κ2) is 8.94. The van der Waals surface area contributed by atoms with Crippen molar-refractivity contribution in [2.75, 3.05) is 18.5 Å². The Bertz CT molecular complexity index is 783.